The minimum atomic E-state index is -0.846. The van der Waals surface area contributed by atoms with Crippen LogP contribution in [0.5, 0.6) is 0 Å². The van der Waals surface area contributed by atoms with Crippen molar-refractivity contribution in [1.29, 1.82) is 0 Å². The molecule has 0 aromatic carbocycles. The summed E-state index contributed by atoms with van der Waals surface area (Å²) in [5.74, 6) is -0.986. The van der Waals surface area contributed by atoms with E-state index in [1.807, 2.05) is 0 Å². The Morgan fingerprint density at radius 1 is 1.25 bits per heavy atom. The maximum Gasteiger partial charge on any atom is 0.328 e. The predicted molar refractivity (Wildman–Crippen MR) is 55.1 cm³/mol. The van der Waals surface area contributed by atoms with Crippen LogP contribution in [0.3, 0.4) is 0 Å². The van der Waals surface area contributed by atoms with Gasteiger partial charge in [-0.05, 0) is 20.3 Å². The zero-order valence-corrected chi connectivity index (χ0v) is 9.45. The summed E-state index contributed by atoms with van der Waals surface area (Å²) in [5, 5.41) is 2.18. The van der Waals surface area contributed by atoms with Crippen LogP contribution in [-0.4, -0.2) is 37.6 Å². The molecule has 0 aliphatic carbocycles. The first-order valence-corrected chi connectivity index (χ1v) is 5.10. The molecule has 1 N–H and O–H groups in total. The maximum atomic E-state index is 11.3. The number of hydrogen-bond acceptors (Lipinski definition) is 5. The second-order valence-electron chi connectivity index (χ2n) is 2.89. The van der Waals surface area contributed by atoms with Crippen molar-refractivity contribution in [3.05, 3.63) is 0 Å². The summed E-state index contributed by atoms with van der Waals surface area (Å²) in [5.41, 5.74) is 0. The quantitative estimate of drug-likeness (QED) is 0.466. The smallest absolute Gasteiger partial charge is 0.328 e. The standard InChI is InChI=1S/C10H16NO5/c1-3-15-9(13)6-5-8(11-7-12)10(14)16-4-2/h8H,3-6H2,1-2H3,(H,11,12). The average Bonchev–Trinajstić information content (AvgIpc) is 2.24. The number of carbonyl (C=O) groups is 2. The number of nitrogens with one attached hydrogen (secondary N) is 1. The molecule has 0 bridgehead atoms. The van der Waals surface area contributed by atoms with Crippen LogP contribution in [0.2, 0.25) is 0 Å². The molecule has 1 radical (unpaired) electrons. The highest BCUT2D eigenvalue weighted by molar-refractivity contribution is 5.79. The Kier molecular flexibility index (Phi) is 7.83. The third kappa shape index (κ3) is 6.00. The van der Waals surface area contributed by atoms with Gasteiger partial charge in [0.2, 0.25) is 0 Å². The second kappa shape index (κ2) is 8.70. The monoisotopic (exact) mass is 230 g/mol. The lowest BCUT2D eigenvalue weighted by Gasteiger charge is -2.13. The van der Waals surface area contributed by atoms with Crippen molar-refractivity contribution in [2.24, 2.45) is 0 Å². The van der Waals surface area contributed by atoms with E-state index in [4.69, 9.17) is 9.47 Å². The predicted octanol–water partition coefficient (Wildman–Crippen LogP) is -0.0818. The Morgan fingerprint density at radius 2 is 1.88 bits per heavy atom. The molecule has 1 atom stereocenters. The van der Waals surface area contributed by atoms with Gasteiger partial charge >= 0.3 is 18.3 Å². The molecule has 0 aliphatic heterocycles. The van der Waals surface area contributed by atoms with E-state index in [9.17, 15) is 14.4 Å². The lowest BCUT2D eigenvalue weighted by Crippen LogP contribution is -2.37. The van der Waals surface area contributed by atoms with E-state index >= 15 is 0 Å². The molecule has 0 saturated carbocycles. The lowest BCUT2D eigenvalue weighted by atomic mass is 10.1. The first-order valence-electron chi connectivity index (χ1n) is 5.10. The van der Waals surface area contributed by atoms with Gasteiger partial charge in [0, 0.05) is 6.42 Å². The van der Waals surface area contributed by atoms with Gasteiger partial charge in [-0.25, -0.2) is 4.79 Å². The fourth-order valence-electron chi connectivity index (χ4n) is 1.06. The van der Waals surface area contributed by atoms with E-state index < -0.39 is 18.0 Å². The van der Waals surface area contributed by atoms with E-state index in [0.717, 1.165) is 0 Å². The minimum Gasteiger partial charge on any atom is -0.466 e. The number of ether oxygens (including phenoxy) is 2. The van der Waals surface area contributed by atoms with Crippen LogP contribution in [-0.2, 0) is 23.9 Å². The van der Waals surface area contributed by atoms with Gasteiger partial charge in [0.15, 0.2) is 0 Å². The van der Waals surface area contributed by atoms with Crippen molar-refractivity contribution in [3.63, 3.8) is 0 Å². The molecule has 0 aromatic heterocycles. The van der Waals surface area contributed by atoms with Crippen LogP contribution >= 0.6 is 0 Å². The van der Waals surface area contributed by atoms with Crippen LogP contribution in [0.15, 0.2) is 0 Å². The van der Waals surface area contributed by atoms with E-state index in [1.54, 1.807) is 13.8 Å². The molecule has 16 heavy (non-hydrogen) atoms. The highest BCUT2D eigenvalue weighted by Gasteiger charge is 2.20. The molecule has 1 unspecified atom stereocenters. The zero-order chi connectivity index (χ0) is 12.4. The van der Waals surface area contributed by atoms with Crippen molar-refractivity contribution in [3.8, 4) is 0 Å². The van der Waals surface area contributed by atoms with Crippen molar-refractivity contribution >= 4 is 18.3 Å². The summed E-state index contributed by atoms with van der Waals surface area (Å²) in [6.07, 6.45) is 1.60. The van der Waals surface area contributed by atoms with Gasteiger partial charge in [-0.2, -0.15) is 0 Å². The van der Waals surface area contributed by atoms with Crippen LogP contribution in [0.4, 0.5) is 0 Å². The van der Waals surface area contributed by atoms with E-state index in [-0.39, 0.29) is 26.1 Å². The normalized spacial score (nSPS) is 11.4. The van der Waals surface area contributed by atoms with Gasteiger partial charge in [0.1, 0.15) is 6.04 Å². The van der Waals surface area contributed by atoms with Gasteiger partial charge in [-0.15, -0.1) is 0 Å². The van der Waals surface area contributed by atoms with Crippen LogP contribution < -0.4 is 5.32 Å². The molecule has 0 spiro atoms. The minimum absolute atomic E-state index is 0.0476. The first kappa shape index (κ1) is 14.4. The van der Waals surface area contributed by atoms with Gasteiger partial charge in [0.05, 0.1) is 13.2 Å². The van der Waals surface area contributed by atoms with Crippen molar-refractivity contribution in [1.82, 2.24) is 5.32 Å². The highest BCUT2D eigenvalue weighted by Crippen LogP contribution is 2.01. The molecule has 6 nitrogen and oxygen atoms in total. The Hall–Kier alpha value is -1.59. The Bertz CT molecular complexity index is 241. The van der Waals surface area contributed by atoms with Gasteiger partial charge in [-0.1, -0.05) is 0 Å². The van der Waals surface area contributed by atoms with Crippen LogP contribution in [0, 0.1) is 0 Å². The zero-order valence-electron chi connectivity index (χ0n) is 9.45. The number of amides is 1. The van der Waals surface area contributed by atoms with E-state index in [0.29, 0.717) is 0 Å². The summed E-state index contributed by atoms with van der Waals surface area (Å²) >= 11 is 0. The molecular formula is C10H16NO5. The lowest BCUT2D eigenvalue weighted by molar-refractivity contribution is -0.146. The number of rotatable bonds is 8. The number of esters is 2. The second-order valence-corrected chi connectivity index (χ2v) is 2.89. The van der Waals surface area contributed by atoms with Gasteiger partial charge < -0.3 is 14.8 Å². The summed E-state index contributed by atoms with van der Waals surface area (Å²) in [6, 6.07) is -0.846. The maximum absolute atomic E-state index is 11.3. The Morgan fingerprint density at radius 3 is 2.38 bits per heavy atom. The number of carbonyl (C=O) groups excluding carboxylic acids is 3. The topological polar surface area (TPSA) is 81.7 Å². The average molecular weight is 230 g/mol. The molecular weight excluding hydrogens is 214 g/mol. The van der Waals surface area contributed by atoms with Crippen molar-refractivity contribution < 1.29 is 23.9 Å². The molecule has 0 rings (SSSR count). The molecule has 0 saturated heterocycles. The SMILES string of the molecule is CCOC(=O)CCC(N[C]=O)C(=O)OCC. The van der Waals surface area contributed by atoms with E-state index in [1.165, 1.54) is 6.41 Å². The summed E-state index contributed by atoms with van der Waals surface area (Å²) in [6.45, 7) is 3.86. The molecule has 6 heteroatoms. The van der Waals surface area contributed by atoms with Crippen LogP contribution in [0.1, 0.15) is 26.7 Å². The molecule has 0 aliphatic rings. The summed E-state index contributed by atoms with van der Waals surface area (Å²) in [7, 11) is 0. The van der Waals surface area contributed by atoms with Crippen LogP contribution in [0.25, 0.3) is 0 Å². The largest absolute Gasteiger partial charge is 0.466 e. The van der Waals surface area contributed by atoms with Gasteiger partial charge in [0.25, 0.3) is 0 Å². The van der Waals surface area contributed by atoms with Gasteiger partial charge in [-0.3, -0.25) is 9.59 Å². The van der Waals surface area contributed by atoms with Crippen molar-refractivity contribution in [2.75, 3.05) is 13.2 Å². The fourth-order valence-corrected chi connectivity index (χ4v) is 1.06. The molecule has 0 fully saturated rings. The molecule has 91 valence electrons. The van der Waals surface area contributed by atoms with E-state index in [2.05, 4.69) is 5.32 Å². The first-order chi connectivity index (χ1) is 7.65. The molecule has 1 amide bonds. The number of hydrogen-bond donors (Lipinski definition) is 1. The third-order valence-electron chi connectivity index (χ3n) is 1.75. The van der Waals surface area contributed by atoms with Crippen molar-refractivity contribution in [2.45, 2.75) is 32.7 Å². The summed E-state index contributed by atoms with van der Waals surface area (Å²) in [4.78, 5) is 32.5. The summed E-state index contributed by atoms with van der Waals surface area (Å²) < 4.78 is 9.41. The molecule has 0 heterocycles. The Labute approximate surface area is 94.3 Å². The Balaban J connectivity index is 4.07. The highest BCUT2D eigenvalue weighted by atomic mass is 16.5. The fraction of sp³-hybridized carbons (Fsp3) is 0.700. The third-order valence-corrected chi connectivity index (χ3v) is 1.75. The molecule has 0 aromatic rings.